The number of fused-ring (bicyclic) bond motifs is 1. The number of hydrogen-bond acceptors (Lipinski definition) is 4. The van der Waals surface area contributed by atoms with Gasteiger partial charge in [0, 0.05) is 35.5 Å². The van der Waals surface area contributed by atoms with E-state index >= 15 is 0 Å². The average Bonchev–Trinajstić information content (AvgIpc) is 2.89. The van der Waals surface area contributed by atoms with Crippen molar-refractivity contribution < 1.29 is 4.92 Å². The number of imidazole rings is 1. The minimum atomic E-state index is -0.407. The maximum atomic E-state index is 10.5. The molecule has 3 rings (SSSR count). The fourth-order valence-corrected chi connectivity index (χ4v) is 2.32. The van der Waals surface area contributed by atoms with Crippen molar-refractivity contribution >= 4 is 22.0 Å². The van der Waals surface area contributed by atoms with Gasteiger partial charge in [-0.25, -0.2) is 4.98 Å². The summed E-state index contributed by atoms with van der Waals surface area (Å²) in [4.78, 5) is 15.5. The minimum absolute atomic E-state index is 0.0924. The smallest absolute Gasteiger partial charge is 0.269 e. The molecule has 0 aliphatic rings. The Morgan fingerprint density at radius 1 is 1.29 bits per heavy atom. The number of benzene rings is 1. The SMILES string of the molecule is O=[N+]([O-])c1ccc(-c2cn3ccsc3n2)cc1. The van der Waals surface area contributed by atoms with Crippen molar-refractivity contribution in [2.24, 2.45) is 0 Å². The van der Waals surface area contributed by atoms with Crippen LogP contribution >= 0.6 is 11.3 Å². The second kappa shape index (κ2) is 3.67. The van der Waals surface area contributed by atoms with Crippen molar-refractivity contribution in [3.8, 4) is 11.3 Å². The Labute approximate surface area is 100 Å². The van der Waals surface area contributed by atoms with Gasteiger partial charge in [-0.15, -0.1) is 11.3 Å². The summed E-state index contributed by atoms with van der Waals surface area (Å²) in [5.41, 5.74) is 1.80. The lowest BCUT2D eigenvalue weighted by atomic mass is 10.1. The van der Waals surface area contributed by atoms with E-state index in [1.54, 1.807) is 23.5 Å². The van der Waals surface area contributed by atoms with Gasteiger partial charge in [-0.05, 0) is 12.1 Å². The number of hydrogen-bond donors (Lipinski definition) is 0. The van der Waals surface area contributed by atoms with Gasteiger partial charge in [-0.1, -0.05) is 0 Å². The molecule has 17 heavy (non-hydrogen) atoms. The third kappa shape index (κ3) is 1.68. The largest absolute Gasteiger partial charge is 0.297 e. The molecule has 6 heteroatoms. The van der Waals surface area contributed by atoms with Gasteiger partial charge in [-0.2, -0.15) is 0 Å². The molecule has 0 bridgehead atoms. The van der Waals surface area contributed by atoms with Crippen LogP contribution in [-0.2, 0) is 0 Å². The van der Waals surface area contributed by atoms with Crippen molar-refractivity contribution in [2.45, 2.75) is 0 Å². The van der Waals surface area contributed by atoms with E-state index in [0.717, 1.165) is 16.2 Å². The lowest BCUT2D eigenvalue weighted by molar-refractivity contribution is -0.384. The second-order valence-electron chi connectivity index (χ2n) is 3.52. The Morgan fingerprint density at radius 3 is 2.71 bits per heavy atom. The van der Waals surface area contributed by atoms with Crippen molar-refractivity contribution in [3.05, 3.63) is 52.2 Å². The maximum Gasteiger partial charge on any atom is 0.269 e. The first-order chi connectivity index (χ1) is 8.24. The minimum Gasteiger partial charge on any atom is -0.297 e. The van der Waals surface area contributed by atoms with Gasteiger partial charge in [-0.3, -0.25) is 14.5 Å². The highest BCUT2D eigenvalue weighted by molar-refractivity contribution is 7.15. The molecule has 3 aromatic rings. The van der Waals surface area contributed by atoms with Crippen LogP contribution in [0, 0.1) is 10.1 Å². The topological polar surface area (TPSA) is 60.4 Å². The Kier molecular flexibility index (Phi) is 2.15. The lowest BCUT2D eigenvalue weighted by Gasteiger charge is -1.95. The van der Waals surface area contributed by atoms with Crippen LogP contribution in [0.15, 0.2) is 42.0 Å². The molecular formula is C11H7N3O2S. The van der Waals surface area contributed by atoms with Crippen LogP contribution in [0.3, 0.4) is 0 Å². The van der Waals surface area contributed by atoms with E-state index in [0.29, 0.717) is 0 Å². The first-order valence-corrected chi connectivity index (χ1v) is 5.79. The van der Waals surface area contributed by atoms with Crippen molar-refractivity contribution in [2.75, 3.05) is 0 Å². The summed E-state index contributed by atoms with van der Waals surface area (Å²) in [5, 5.41) is 12.5. The molecule has 0 unspecified atom stereocenters. The van der Waals surface area contributed by atoms with Gasteiger partial charge in [0.25, 0.3) is 5.69 Å². The highest BCUT2D eigenvalue weighted by Crippen LogP contribution is 2.23. The zero-order valence-corrected chi connectivity index (χ0v) is 9.42. The summed E-state index contributed by atoms with van der Waals surface area (Å²) >= 11 is 1.55. The summed E-state index contributed by atoms with van der Waals surface area (Å²) in [6, 6.07) is 6.40. The Bertz CT molecular complexity index is 656. The summed E-state index contributed by atoms with van der Waals surface area (Å²) in [6.45, 7) is 0. The molecule has 0 radical (unpaired) electrons. The predicted octanol–water partition coefficient (Wildman–Crippen LogP) is 2.97. The number of non-ortho nitro benzene ring substituents is 1. The average molecular weight is 245 g/mol. The van der Waals surface area contributed by atoms with E-state index in [2.05, 4.69) is 4.98 Å². The lowest BCUT2D eigenvalue weighted by Crippen LogP contribution is -1.87. The molecule has 0 aliphatic carbocycles. The van der Waals surface area contributed by atoms with Gasteiger partial charge in [0.15, 0.2) is 4.96 Å². The third-order valence-corrected chi connectivity index (χ3v) is 3.24. The molecule has 1 aromatic carbocycles. The van der Waals surface area contributed by atoms with E-state index in [9.17, 15) is 10.1 Å². The third-order valence-electron chi connectivity index (χ3n) is 2.47. The van der Waals surface area contributed by atoms with Crippen LogP contribution in [0.4, 0.5) is 5.69 Å². The van der Waals surface area contributed by atoms with Crippen LogP contribution in [0.1, 0.15) is 0 Å². The molecule has 2 aromatic heterocycles. The van der Waals surface area contributed by atoms with Gasteiger partial charge >= 0.3 is 0 Å². The molecule has 0 aliphatic heterocycles. The van der Waals surface area contributed by atoms with E-state index in [4.69, 9.17) is 0 Å². The van der Waals surface area contributed by atoms with Gasteiger partial charge in [0.2, 0.25) is 0 Å². The second-order valence-corrected chi connectivity index (χ2v) is 4.40. The number of thiazole rings is 1. The normalized spacial score (nSPS) is 10.8. The van der Waals surface area contributed by atoms with Gasteiger partial charge in [0.1, 0.15) is 0 Å². The van der Waals surface area contributed by atoms with E-state index in [-0.39, 0.29) is 5.69 Å². The Hall–Kier alpha value is -2.21. The molecule has 0 atom stereocenters. The zero-order chi connectivity index (χ0) is 11.8. The first kappa shape index (κ1) is 9.98. The number of nitro groups is 1. The standard InChI is InChI=1S/C11H7N3O2S/c15-14(16)9-3-1-8(2-4-9)10-7-13-5-6-17-11(13)12-10/h1-7H. The van der Waals surface area contributed by atoms with E-state index in [1.807, 2.05) is 22.2 Å². The molecule has 0 spiro atoms. The molecule has 0 N–H and O–H groups in total. The van der Waals surface area contributed by atoms with Crippen LogP contribution in [-0.4, -0.2) is 14.3 Å². The van der Waals surface area contributed by atoms with Crippen LogP contribution in [0.5, 0.6) is 0 Å². The predicted molar refractivity (Wildman–Crippen MR) is 65.2 cm³/mol. The molecule has 0 saturated carbocycles. The molecule has 5 nitrogen and oxygen atoms in total. The summed E-state index contributed by atoms with van der Waals surface area (Å²) in [7, 11) is 0. The number of rotatable bonds is 2. The Balaban J connectivity index is 2.03. The number of nitro benzene ring substituents is 1. The molecule has 2 heterocycles. The Morgan fingerprint density at radius 2 is 2.06 bits per heavy atom. The quantitative estimate of drug-likeness (QED) is 0.515. The molecule has 0 amide bonds. The fourth-order valence-electron chi connectivity index (χ4n) is 1.62. The van der Waals surface area contributed by atoms with Crippen LogP contribution in [0.2, 0.25) is 0 Å². The monoisotopic (exact) mass is 245 g/mol. The molecular weight excluding hydrogens is 238 g/mol. The number of aromatic nitrogens is 2. The summed E-state index contributed by atoms with van der Waals surface area (Å²) in [5.74, 6) is 0. The maximum absolute atomic E-state index is 10.5. The summed E-state index contributed by atoms with van der Waals surface area (Å²) in [6.07, 6.45) is 3.84. The highest BCUT2D eigenvalue weighted by Gasteiger charge is 2.08. The van der Waals surface area contributed by atoms with Crippen molar-refractivity contribution in [3.63, 3.8) is 0 Å². The van der Waals surface area contributed by atoms with E-state index < -0.39 is 4.92 Å². The zero-order valence-electron chi connectivity index (χ0n) is 8.61. The van der Waals surface area contributed by atoms with Crippen LogP contribution < -0.4 is 0 Å². The molecule has 0 fully saturated rings. The number of nitrogens with zero attached hydrogens (tertiary/aromatic N) is 3. The van der Waals surface area contributed by atoms with Crippen molar-refractivity contribution in [1.82, 2.24) is 9.38 Å². The first-order valence-electron chi connectivity index (χ1n) is 4.91. The van der Waals surface area contributed by atoms with E-state index in [1.165, 1.54) is 12.1 Å². The van der Waals surface area contributed by atoms with Crippen LogP contribution in [0.25, 0.3) is 16.2 Å². The summed E-state index contributed by atoms with van der Waals surface area (Å²) < 4.78 is 1.93. The highest BCUT2D eigenvalue weighted by atomic mass is 32.1. The van der Waals surface area contributed by atoms with Gasteiger partial charge in [0.05, 0.1) is 10.6 Å². The fraction of sp³-hybridized carbons (Fsp3) is 0. The molecule has 0 saturated heterocycles. The van der Waals surface area contributed by atoms with Crippen molar-refractivity contribution in [1.29, 1.82) is 0 Å². The van der Waals surface area contributed by atoms with Gasteiger partial charge < -0.3 is 0 Å². The molecule has 84 valence electrons.